The number of benzene rings is 3. The second-order valence-corrected chi connectivity index (χ2v) is 10.2. The van der Waals surface area contributed by atoms with E-state index in [0.29, 0.717) is 26.7 Å². The number of halogens is 1. The molecule has 0 aliphatic rings. The van der Waals surface area contributed by atoms with Gasteiger partial charge in [0.15, 0.2) is 0 Å². The highest BCUT2D eigenvalue weighted by atomic mass is 35.5. The summed E-state index contributed by atoms with van der Waals surface area (Å²) in [5.41, 5.74) is 6.62. The Morgan fingerprint density at radius 2 is 1.61 bits per heavy atom. The molecule has 0 radical (unpaired) electrons. The van der Waals surface area contributed by atoms with Crippen LogP contribution in [0.5, 0.6) is 0 Å². The maximum Gasteiger partial charge on any atom is 0.341 e. The van der Waals surface area contributed by atoms with E-state index < -0.39 is 5.97 Å². The molecule has 7 heteroatoms. The third-order valence-corrected chi connectivity index (χ3v) is 7.49. The van der Waals surface area contributed by atoms with Gasteiger partial charge in [0.2, 0.25) is 0 Å². The monoisotopic (exact) mass is 540 g/mol. The zero-order valence-electron chi connectivity index (χ0n) is 21.2. The second-order valence-electron chi connectivity index (χ2n) is 8.88. The molecule has 3 aromatic carbocycles. The van der Waals surface area contributed by atoms with Crippen molar-refractivity contribution < 1.29 is 14.3 Å². The fraction of sp³-hybridized carbons (Fsp3) is 0.129. The van der Waals surface area contributed by atoms with Crippen LogP contribution in [0, 0.1) is 13.8 Å². The molecule has 0 spiro atoms. The van der Waals surface area contributed by atoms with Gasteiger partial charge in [-0.3, -0.25) is 4.79 Å². The second kappa shape index (κ2) is 10.8. The number of amides is 1. The molecule has 0 aliphatic carbocycles. The third-order valence-electron chi connectivity index (χ3n) is 6.34. The molecule has 0 unspecified atom stereocenters. The summed E-state index contributed by atoms with van der Waals surface area (Å²) < 4.78 is 5.36. The Bertz CT molecular complexity index is 1660. The summed E-state index contributed by atoms with van der Waals surface area (Å²) in [6.07, 6.45) is 0. The molecule has 2 heterocycles. The van der Waals surface area contributed by atoms with Gasteiger partial charge in [-0.2, -0.15) is 0 Å². The minimum atomic E-state index is -0.495. The molecule has 0 atom stereocenters. The first kappa shape index (κ1) is 25.6. The number of carbonyl (C=O) groups excluding carboxylic acids is 2. The molecule has 5 nitrogen and oxygen atoms in total. The van der Waals surface area contributed by atoms with Crippen LogP contribution in [0.2, 0.25) is 5.02 Å². The van der Waals surface area contributed by atoms with Gasteiger partial charge in [0.25, 0.3) is 5.91 Å². The largest absolute Gasteiger partial charge is 0.462 e. The van der Waals surface area contributed by atoms with E-state index in [1.54, 1.807) is 19.1 Å². The number of hydrogen-bond acceptors (Lipinski definition) is 5. The molecule has 0 aliphatic heterocycles. The van der Waals surface area contributed by atoms with Gasteiger partial charge < -0.3 is 10.1 Å². The van der Waals surface area contributed by atoms with Gasteiger partial charge in [0, 0.05) is 26.9 Å². The highest BCUT2D eigenvalue weighted by Gasteiger charge is 2.25. The van der Waals surface area contributed by atoms with E-state index in [9.17, 15) is 9.59 Å². The van der Waals surface area contributed by atoms with E-state index >= 15 is 0 Å². The molecule has 0 saturated carbocycles. The molecule has 190 valence electrons. The number of rotatable bonds is 6. The predicted molar refractivity (Wildman–Crippen MR) is 155 cm³/mol. The maximum absolute atomic E-state index is 13.9. The number of esters is 1. The van der Waals surface area contributed by atoms with E-state index in [4.69, 9.17) is 21.3 Å². The third kappa shape index (κ3) is 4.93. The van der Waals surface area contributed by atoms with Crippen LogP contribution in [0.4, 0.5) is 5.00 Å². The Labute approximate surface area is 230 Å². The van der Waals surface area contributed by atoms with Crippen LogP contribution in [-0.4, -0.2) is 23.5 Å². The zero-order chi connectivity index (χ0) is 26.8. The number of fused-ring (bicyclic) bond motifs is 1. The van der Waals surface area contributed by atoms with Crippen LogP contribution in [0.25, 0.3) is 33.3 Å². The number of carbonyl (C=O) groups is 2. The molecule has 38 heavy (non-hydrogen) atoms. The molecule has 1 amide bonds. The van der Waals surface area contributed by atoms with Crippen LogP contribution < -0.4 is 5.32 Å². The highest BCUT2D eigenvalue weighted by Crippen LogP contribution is 2.38. The fourth-order valence-electron chi connectivity index (χ4n) is 4.46. The summed E-state index contributed by atoms with van der Waals surface area (Å²) in [6.45, 7) is 5.91. The number of aromatic nitrogens is 1. The van der Waals surface area contributed by atoms with Gasteiger partial charge >= 0.3 is 5.97 Å². The fourth-order valence-corrected chi connectivity index (χ4v) is 5.53. The number of aryl methyl sites for hydroxylation is 1. The summed E-state index contributed by atoms with van der Waals surface area (Å²) >= 11 is 7.35. The van der Waals surface area contributed by atoms with E-state index in [0.717, 1.165) is 38.9 Å². The quantitative estimate of drug-likeness (QED) is 0.220. The normalized spacial score (nSPS) is 10.9. The van der Waals surface area contributed by atoms with Crippen molar-refractivity contribution in [3.8, 4) is 22.4 Å². The molecule has 1 N–H and O–H groups in total. The molecular formula is C31H25ClN2O3S. The Hall–Kier alpha value is -4.00. The number of nitrogens with one attached hydrogen (secondary N) is 1. The van der Waals surface area contributed by atoms with Crippen molar-refractivity contribution >= 4 is 50.7 Å². The first-order chi connectivity index (χ1) is 18.4. The molecule has 5 rings (SSSR count). The summed E-state index contributed by atoms with van der Waals surface area (Å²) in [5.74, 6) is -0.810. The summed E-state index contributed by atoms with van der Waals surface area (Å²) in [7, 11) is 0. The molecule has 2 aromatic heterocycles. The van der Waals surface area contributed by atoms with Crippen LogP contribution in [0.1, 0.15) is 38.8 Å². The van der Waals surface area contributed by atoms with Crippen molar-refractivity contribution in [2.24, 2.45) is 0 Å². The van der Waals surface area contributed by atoms with Crippen molar-refractivity contribution in [2.75, 3.05) is 11.9 Å². The smallest absolute Gasteiger partial charge is 0.341 e. The molecular weight excluding hydrogens is 516 g/mol. The number of para-hydroxylation sites is 1. The number of anilines is 1. The van der Waals surface area contributed by atoms with E-state index in [2.05, 4.69) is 5.32 Å². The average Bonchev–Trinajstić information content (AvgIpc) is 3.33. The predicted octanol–water partition coefficient (Wildman–Crippen LogP) is 8.33. The first-order valence-electron chi connectivity index (χ1n) is 12.2. The van der Waals surface area contributed by atoms with Crippen LogP contribution in [0.3, 0.4) is 0 Å². The van der Waals surface area contributed by atoms with Gasteiger partial charge in [0.1, 0.15) is 10.6 Å². The average molecular weight is 541 g/mol. The molecule has 0 saturated heterocycles. The van der Waals surface area contributed by atoms with Gasteiger partial charge in [-0.05, 0) is 50.1 Å². The Morgan fingerprint density at radius 3 is 2.32 bits per heavy atom. The van der Waals surface area contributed by atoms with Crippen molar-refractivity contribution in [3.05, 3.63) is 105 Å². The van der Waals surface area contributed by atoms with Crippen molar-refractivity contribution in [1.29, 1.82) is 0 Å². The summed E-state index contributed by atoms with van der Waals surface area (Å²) in [4.78, 5) is 31.8. The number of ether oxygens (including phenoxy) is 1. The number of thiophene rings is 1. The van der Waals surface area contributed by atoms with Crippen LogP contribution >= 0.6 is 22.9 Å². The lowest BCUT2D eigenvalue weighted by Crippen LogP contribution is -2.17. The van der Waals surface area contributed by atoms with Crippen LogP contribution in [-0.2, 0) is 4.74 Å². The lowest BCUT2D eigenvalue weighted by Gasteiger charge is -2.15. The minimum Gasteiger partial charge on any atom is -0.462 e. The van der Waals surface area contributed by atoms with Crippen molar-refractivity contribution in [3.63, 3.8) is 0 Å². The first-order valence-corrected chi connectivity index (χ1v) is 13.5. The molecule has 5 aromatic rings. The SMILES string of the molecule is CCOC(=O)c1c(-c2ccc(Cl)cc2)csc1NC(=O)c1c(C)c(-c2ccc(C)cc2)nc2ccccc12. The Kier molecular flexibility index (Phi) is 7.27. The number of hydrogen-bond donors (Lipinski definition) is 1. The van der Waals surface area contributed by atoms with E-state index in [-0.39, 0.29) is 12.5 Å². The van der Waals surface area contributed by atoms with Crippen molar-refractivity contribution in [2.45, 2.75) is 20.8 Å². The summed E-state index contributed by atoms with van der Waals surface area (Å²) in [6, 6.07) is 22.9. The maximum atomic E-state index is 13.9. The zero-order valence-corrected chi connectivity index (χ0v) is 22.7. The highest BCUT2D eigenvalue weighted by molar-refractivity contribution is 7.15. The van der Waals surface area contributed by atoms with Gasteiger partial charge in [-0.15, -0.1) is 11.3 Å². The van der Waals surface area contributed by atoms with Gasteiger partial charge in [-0.25, -0.2) is 9.78 Å². The topological polar surface area (TPSA) is 68.3 Å². The lowest BCUT2D eigenvalue weighted by molar-refractivity contribution is 0.0529. The van der Waals surface area contributed by atoms with Crippen LogP contribution in [0.15, 0.2) is 78.2 Å². The molecule has 0 fully saturated rings. The minimum absolute atomic E-state index is 0.218. The number of nitrogens with zero attached hydrogens (tertiary/aromatic N) is 1. The van der Waals surface area contributed by atoms with E-state index in [1.807, 2.05) is 79.9 Å². The van der Waals surface area contributed by atoms with Gasteiger partial charge in [0.05, 0.1) is 23.4 Å². The van der Waals surface area contributed by atoms with Crippen molar-refractivity contribution in [1.82, 2.24) is 4.98 Å². The lowest BCUT2D eigenvalue weighted by atomic mass is 9.96. The molecule has 0 bridgehead atoms. The summed E-state index contributed by atoms with van der Waals surface area (Å²) in [5, 5.41) is 6.63. The Morgan fingerprint density at radius 1 is 0.921 bits per heavy atom. The number of pyridine rings is 1. The van der Waals surface area contributed by atoms with E-state index in [1.165, 1.54) is 11.3 Å². The Balaban J connectivity index is 1.61. The standard InChI is InChI=1S/C31H25ClN2O3S/c1-4-37-31(36)27-24(20-13-15-22(32)16-14-20)17-38-30(27)34-29(35)26-19(3)28(21-11-9-18(2)10-12-21)33-25-8-6-5-7-23(25)26/h5-17H,4H2,1-3H3,(H,34,35). The van der Waals surface area contributed by atoms with Gasteiger partial charge in [-0.1, -0.05) is 71.8 Å².